The van der Waals surface area contributed by atoms with E-state index in [0.717, 1.165) is 0 Å². The lowest BCUT2D eigenvalue weighted by atomic mass is 10.1. The van der Waals surface area contributed by atoms with Crippen LogP contribution < -0.4 is 0 Å². The van der Waals surface area contributed by atoms with Crippen LogP contribution in [0.15, 0.2) is 42.6 Å². The van der Waals surface area contributed by atoms with Gasteiger partial charge >= 0.3 is 0 Å². The lowest BCUT2D eigenvalue weighted by molar-refractivity contribution is 0.103. The van der Waals surface area contributed by atoms with Crippen molar-refractivity contribution < 1.29 is 4.79 Å². The number of carbonyl (C=O) groups excluding carboxylic acids is 1. The Bertz CT molecular complexity index is 523. The highest BCUT2D eigenvalue weighted by molar-refractivity contribution is 6.35. The Labute approximate surface area is 103 Å². The van der Waals surface area contributed by atoms with Crippen LogP contribution in [0.5, 0.6) is 0 Å². The van der Waals surface area contributed by atoms with Crippen LogP contribution in [-0.2, 0) is 0 Å². The largest absolute Gasteiger partial charge is 0.287 e. The van der Waals surface area contributed by atoms with Gasteiger partial charge in [-0.1, -0.05) is 35.3 Å². The topological polar surface area (TPSA) is 30.0 Å². The molecule has 1 heterocycles. The molecular weight excluding hydrogens is 245 g/mol. The molecule has 0 amide bonds. The van der Waals surface area contributed by atoms with Crippen molar-refractivity contribution in [2.75, 3.05) is 0 Å². The molecule has 1 aromatic heterocycles. The summed E-state index contributed by atoms with van der Waals surface area (Å²) in [6.07, 6.45) is 1.44. The summed E-state index contributed by atoms with van der Waals surface area (Å²) in [5, 5.41) is 0.917. The van der Waals surface area contributed by atoms with Crippen LogP contribution in [0.2, 0.25) is 10.0 Å². The second-order valence-corrected chi connectivity index (χ2v) is 4.01. The maximum absolute atomic E-state index is 12.0. The quantitative estimate of drug-likeness (QED) is 0.764. The van der Waals surface area contributed by atoms with Crippen molar-refractivity contribution in [1.29, 1.82) is 0 Å². The summed E-state index contributed by atoms with van der Waals surface area (Å²) in [5.41, 5.74) is 0.775. The normalized spacial score (nSPS) is 10.1. The summed E-state index contributed by atoms with van der Waals surface area (Å²) in [6.45, 7) is 0. The van der Waals surface area contributed by atoms with Crippen LogP contribution in [0.3, 0.4) is 0 Å². The number of aromatic nitrogens is 1. The van der Waals surface area contributed by atoms with E-state index in [1.807, 2.05) is 0 Å². The highest BCUT2D eigenvalue weighted by Gasteiger charge is 2.12. The fraction of sp³-hybridized carbons (Fsp3) is 0. The molecule has 16 heavy (non-hydrogen) atoms. The Balaban J connectivity index is 2.40. The fourth-order valence-corrected chi connectivity index (χ4v) is 1.63. The van der Waals surface area contributed by atoms with Gasteiger partial charge in [0.2, 0.25) is 5.78 Å². The summed E-state index contributed by atoms with van der Waals surface area (Å²) < 4.78 is 0. The number of carbonyl (C=O) groups is 1. The Morgan fingerprint density at radius 3 is 2.44 bits per heavy atom. The summed E-state index contributed by atoms with van der Waals surface area (Å²) in [6, 6.07) is 10.1. The first kappa shape index (κ1) is 11.1. The SMILES string of the molecule is O=C(c1ccc(Cl)cn1)c1ccccc1Cl. The van der Waals surface area contributed by atoms with Crippen molar-refractivity contribution in [2.24, 2.45) is 0 Å². The average Bonchev–Trinajstić information content (AvgIpc) is 2.30. The zero-order valence-corrected chi connectivity index (χ0v) is 9.66. The fourth-order valence-electron chi connectivity index (χ4n) is 1.29. The number of nitrogens with zero attached hydrogens (tertiary/aromatic N) is 1. The van der Waals surface area contributed by atoms with Gasteiger partial charge in [-0.15, -0.1) is 0 Å². The third-order valence-corrected chi connectivity index (χ3v) is 2.63. The second kappa shape index (κ2) is 4.64. The summed E-state index contributed by atoms with van der Waals surface area (Å²) >= 11 is 11.6. The van der Waals surface area contributed by atoms with Crippen LogP contribution in [0.4, 0.5) is 0 Å². The van der Waals surface area contributed by atoms with E-state index in [9.17, 15) is 4.79 Å². The first-order chi connectivity index (χ1) is 7.68. The Kier molecular flexibility index (Phi) is 3.22. The molecule has 0 saturated carbocycles. The molecule has 0 N–H and O–H groups in total. The maximum atomic E-state index is 12.0. The number of rotatable bonds is 2. The summed E-state index contributed by atoms with van der Waals surface area (Å²) in [4.78, 5) is 15.9. The van der Waals surface area contributed by atoms with Crippen LogP contribution in [-0.4, -0.2) is 10.8 Å². The molecule has 0 aliphatic carbocycles. The molecule has 0 saturated heterocycles. The smallest absolute Gasteiger partial charge is 0.212 e. The van der Waals surface area contributed by atoms with Gasteiger partial charge in [0, 0.05) is 11.8 Å². The first-order valence-corrected chi connectivity index (χ1v) is 5.35. The Morgan fingerprint density at radius 2 is 1.81 bits per heavy atom. The molecule has 0 bridgehead atoms. The third kappa shape index (κ3) is 2.23. The molecule has 0 atom stereocenters. The van der Waals surface area contributed by atoms with E-state index in [4.69, 9.17) is 23.2 Å². The molecule has 2 nitrogen and oxygen atoms in total. The number of halogens is 2. The molecule has 2 rings (SSSR count). The van der Waals surface area contributed by atoms with Crippen molar-refractivity contribution >= 4 is 29.0 Å². The van der Waals surface area contributed by atoms with E-state index in [1.54, 1.807) is 36.4 Å². The van der Waals surface area contributed by atoms with Crippen LogP contribution >= 0.6 is 23.2 Å². The number of benzene rings is 1. The third-order valence-electron chi connectivity index (χ3n) is 2.08. The number of ketones is 1. The lowest BCUT2D eigenvalue weighted by Crippen LogP contribution is -2.04. The van der Waals surface area contributed by atoms with E-state index in [1.165, 1.54) is 6.20 Å². The van der Waals surface area contributed by atoms with Gasteiger partial charge in [0.1, 0.15) is 5.69 Å². The summed E-state index contributed by atoms with van der Waals surface area (Å²) in [5.74, 6) is -0.206. The van der Waals surface area contributed by atoms with Gasteiger partial charge in [-0.05, 0) is 24.3 Å². The molecule has 0 unspecified atom stereocenters. The monoisotopic (exact) mass is 251 g/mol. The summed E-state index contributed by atoms with van der Waals surface area (Å²) in [7, 11) is 0. The Morgan fingerprint density at radius 1 is 1.06 bits per heavy atom. The molecular formula is C12H7Cl2NO. The molecule has 0 radical (unpaired) electrons. The number of hydrogen-bond acceptors (Lipinski definition) is 2. The van der Waals surface area contributed by atoms with Gasteiger partial charge in [0.25, 0.3) is 0 Å². The predicted molar refractivity (Wildman–Crippen MR) is 64.1 cm³/mol. The van der Waals surface area contributed by atoms with Crippen molar-refractivity contribution in [3.8, 4) is 0 Å². The standard InChI is InChI=1S/C12H7Cl2NO/c13-8-5-6-11(15-7-8)12(16)9-3-1-2-4-10(9)14/h1-7H. The predicted octanol–water partition coefficient (Wildman–Crippen LogP) is 3.62. The van der Waals surface area contributed by atoms with E-state index in [-0.39, 0.29) is 5.78 Å². The molecule has 0 aliphatic heterocycles. The van der Waals surface area contributed by atoms with Gasteiger partial charge in [-0.3, -0.25) is 9.78 Å². The van der Waals surface area contributed by atoms with Crippen LogP contribution in [0.1, 0.15) is 16.1 Å². The van der Waals surface area contributed by atoms with Crippen molar-refractivity contribution in [1.82, 2.24) is 4.98 Å². The highest BCUT2D eigenvalue weighted by Crippen LogP contribution is 2.18. The zero-order chi connectivity index (χ0) is 11.5. The van der Waals surface area contributed by atoms with Crippen molar-refractivity contribution in [2.45, 2.75) is 0 Å². The maximum Gasteiger partial charge on any atom is 0.212 e. The minimum absolute atomic E-state index is 0.206. The second-order valence-electron chi connectivity index (χ2n) is 3.17. The minimum atomic E-state index is -0.206. The zero-order valence-electron chi connectivity index (χ0n) is 8.15. The van der Waals surface area contributed by atoms with Gasteiger partial charge in [0.05, 0.1) is 10.0 Å². The molecule has 0 spiro atoms. The molecule has 80 valence electrons. The average molecular weight is 252 g/mol. The number of pyridine rings is 1. The van der Waals surface area contributed by atoms with Crippen molar-refractivity contribution in [3.63, 3.8) is 0 Å². The van der Waals surface area contributed by atoms with Gasteiger partial charge in [0.15, 0.2) is 0 Å². The molecule has 2 aromatic rings. The van der Waals surface area contributed by atoms with Crippen molar-refractivity contribution in [3.05, 3.63) is 63.9 Å². The number of hydrogen-bond donors (Lipinski definition) is 0. The lowest BCUT2D eigenvalue weighted by Gasteiger charge is -2.02. The van der Waals surface area contributed by atoms with E-state index >= 15 is 0 Å². The van der Waals surface area contributed by atoms with Gasteiger partial charge in [-0.2, -0.15) is 0 Å². The molecule has 0 aliphatic rings. The molecule has 4 heteroatoms. The molecule has 1 aromatic carbocycles. The van der Waals surface area contributed by atoms with E-state index in [0.29, 0.717) is 21.3 Å². The highest BCUT2D eigenvalue weighted by atomic mass is 35.5. The van der Waals surface area contributed by atoms with E-state index < -0.39 is 0 Å². The minimum Gasteiger partial charge on any atom is -0.287 e. The first-order valence-electron chi connectivity index (χ1n) is 4.59. The van der Waals surface area contributed by atoms with E-state index in [2.05, 4.69) is 4.98 Å². The van der Waals surface area contributed by atoms with Gasteiger partial charge in [-0.25, -0.2) is 0 Å². The molecule has 0 fully saturated rings. The Hall–Kier alpha value is -1.38. The van der Waals surface area contributed by atoms with Crippen LogP contribution in [0, 0.1) is 0 Å². The van der Waals surface area contributed by atoms with Crippen LogP contribution in [0.25, 0.3) is 0 Å². The van der Waals surface area contributed by atoms with Gasteiger partial charge < -0.3 is 0 Å².